The van der Waals surface area contributed by atoms with Gasteiger partial charge in [-0.25, -0.2) is 13.2 Å². The van der Waals surface area contributed by atoms with E-state index < -0.39 is 40.1 Å². The molecule has 0 aliphatic rings. The SMILES string of the molecule is CC(C)CN(C[C@@H](O)[C@H](Cc1ccccc1)NC(=O)[C@@H](NC(=O)N(C)Cc1ccccn1)C(C)C)S(=O)(=O)c1ccc(C=NO)cc1. The van der Waals surface area contributed by atoms with Gasteiger partial charge in [0, 0.05) is 26.3 Å². The van der Waals surface area contributed by atoms with E-state index in [4.69, 9.17) is 5.21 Å². The quantitative estimate of drug-likeness (QED) is 0.103. The second-order valence-electron chi connectivity index (χ2n) is 12.2. The first-order chi connectivity index (χ1) is 22.3. The highest BCUT2D eigenvalue weighted by molar-refractivity contribution is 7.89. The molecule has 12 nitrogen and oxygen atoms in total. The molecule has 0 aliphatic heterocycles. The maximum Gasteiger partial charge on any atom is 0.318 e. The molecular formula is C34H46N6O6S. The van der Waals surface area contributed by atoms with Gasteiger partial charge < -0.3 is 25.8 Å². The third kappa shape index (κ3) is 11.2. The number of hydrogen-bond donors (Lipinski definition) is 4. The lowest BCUT2D eigenvalue weighted by molar-refractivity contribution is -0.125. The minimum absolute atomic E-state index is 0.0153. The smallest absolute Gasteiger partial charge is 0.318 e. The Kier molecular flexibility index (Phi) is 13.9. The fraction of sp³-hybridized carbons (Fsp3) is 0.412. The van der Waals surface area contributed by atoms with Gasteiger partial charge in [0.15, 0.2) is 0 Å². The van der Waals surface area contributed by atoms with Gasteiger partial charge in [0.1, 0.15) is 6.04 Å². The van der Waals surface area contributed by atoms with Crippen molar-refractivity contribution >= 4 is 28.2 Å². The Balaban J connectivity index is 1.84. The molecule has 0 unspecified atom stereocenters. The molecule has 13 heteroatoms. The van der Waals surface area contributed by atoms with E-state index in [1.807, 2.05) is 50.2 Å². The van der Waals surface area contributed by atoms with Crippen LogP contribution in [0.15, 0.2) is 89.0 Å². The summed E-state index contributed by atoms with van der Waals surface area (Å²) in [5, 5.41) is 29.1. The number of nitrogens with zero attached hydrogens (tertiary/aromatic N) is 4. The molecule has 2 aromatic carbocycles. The van der Waals surface area contributed by atoms with Crippen LogP contribution in [0.25, 0.3) is 0 Å². The molecule has 0 aliphatic carbocycles. The number of aromatic nitrogens is 1. The molecular weight excluding hydrogens is 620 g/mol. The minimum atomic E-state index is -4.05. The van der Waals surface area contributed by atoms with Crippen molar-refractivity contribution in [2.75, 3.05) is 20.1 Å². The molecule has 1 heterocycles. The molecule has 3 atom stereocenters. The van der Waals surface area contributed by atoms with E-state index in [9.17, 15) is 23.1 Å². The number of rotatable bonds is 16. The van der Waals surface area contributed by atoms with E-state index in [0.717, 1.165) is 5.56 Å². The second kappa shape index (κ2) is 17.5. The molecule has 254 valence electrons. The summed E-state index contributed by atoms with van der Waals surface area (Å²) in [6, 6.07) is 18.3. The van der Waals surface area contributed by atoms with E-state index in [1.54, 1.807) is 39.2 Å². The van der Waals surface area contributed by atoms with Gasteiger partial charge >= 0.3 is 6.03 Å². The third-order valence-electron chi connectivity index (χ3n) is 7.47. The van der Waals surface area contributed by atoms with E-state index in [0.29, 0.717) is 11.3 Å². The van der Waals surface area contributed by atoms with Gasteiger partial charge in [-0.05, 0) is 53.6 Å². The number of pyridine rings is 1. The van der Waals surface area contributed by atoms with E-state index in [-0.39, 0.29) is 42.8 Å². The maximum absolute atomic E-state index is 13.8. The van der Waals surface area contributed by atoms with Crippen molar-refractivity contribution < 1.29 is 28.3 Å². The molecule has 3 aromatic rings. The average molecular weight is 667 g/mol. The predicted molar refractivity (Wildman–Crippen MR) is 180 cm³/mol. The molecule has 0 saturated heterocycles. The Morgan fingerprint density at radius 1 is 0.936 bits per heavy atom. The summed E-state index contributed by atoms with van der Waals surface area (Å²) in [6.07, 6.45) is 1.75. The lowest BCUT2D eigenvalue weighted by atomic mass is 9.98. The number of nitrogens with one attached hydrogen (secondary N) is 2. The first-order valence-electron chi connectivity index (χ1n) is 15.5. The van der Waals surface area contributed by atoms with Crippen LogP contribution in [0.4, 0.5) is 4.79 Å². The van der Waals surface area contributed by atoms with Crippen LogP contribution in [0.1, 0.15) is 44.5 Å². The maximum atomic E-state index is 13.8. The summed E-state index contributed by atoms with van der Waals surface area (Å²) in [6.45, 7) is 7.44. The highest BCUT2D eigenvalue weighted by Crippen LogP contribution is 2.20. The summed E-state index contributed by atoms with van der Waals surface area (Å²) in [4.78, 5) is 32.5. The molecule has 47 heavy (non-hydrogen) atoms. The van der Waals surface area contributed by atoms with E-state index in [2.05, 4.69) is 20.8 Å². The summed E-state index contributed by atoms with van der Waals surface area (Å²) in [7, 11) is -2.44. The topological polar surface area (TPSA) is 165 Å². The summed E-state index contributed by atoms with van der Waals surface area (Å²) >= 11 is 0. The average Bonchev–Trinajstić information content (AvgIpc) is 3.03. The number of amides is 3. The fourth-order valence-electron chi connectivity index (χ4n) is 4.96. The summed E-state index contributed by atoms with van der Waals surface area (Å²) in [5.74, 6) is -0.865. The van der Waals surface area contributed by atoms with Crippen LogP contribution < -0.4 is 10.6 Å². The van der Waals surface area contributed by atoms with Crippen molar-refractivity contribution in [3.8, 4) is 0 Å². The van der Waals surface area contributed by atoms with Crippen LogP contribution in [0.5, 0.6) is 0 Å². The highest BCUT2D eigenvalue weighted by Gasteiger charge is 2.33. The largest absolute Gasteiger partial charge is 0.411 e. The van der Waals surface area contributed by atoms with Crippen molar-refractivity contribution in [3.05, 3.63) is 95.8 Å². The van der Waals surface area contributed by atoms with E-state index >= 15 is 0 Å². The highest BCUT2D eigenvalue weighted by atomic mass is 32.2. The summed E-state index contributed by atoms with van der Waals surface area (Å²) in [5.41, 5.74) is 2.04. The number of sulfonamides is 1. The van der Waals surface area contributed by atoms with Gasteiger partial charge in [-0.3, -0.25) is 9.78 Å². The molecule has 3 rings (SSSR count). The van der Waals surface area contributed by atoms with Crippen molar-refractivity contribution in [1.29, 1.82) is 0 Å². The van der Waals surface area contributed by atoms with Crippen LogP contribution in [0.2, 0.25) is 0 Å². The number of carbonyl (C=O) groups is 2. The van der Waals surface area contributed by atoms with Crippen LogP contribution in [-0.4, -0.2) is 89.4 Å². The number of aliphatic hydroxyl groups is 1. The lowest BCUT2D eigenvalue weighted by Gasteiger charge is -2.32. The Labute approximate surface area is 277 Å². The second-order valence-corrected chi connectivity index (χ2v) is 14.2. The number of aliphatic hydroxyl groups excluding tert-OH is 1. The number of oxime groups is 1. The number of urea groups is 1. The molecule has 0 spiro atoms. The van der Waals surface area contributed by atoms with Crippen molar-refractivity contribution in [2.45, 2.75) is 63.7 Å². The molecule has 0 fully saturated rings. The standard InChI is InChI=1S/C34H46N6O6S/c1-24(2)21-40(47(45,46)29-16-14-27(15-17-29)20-36-44)23-31(41)30(19-26-11-7-6-8-12-26)37-33(42)32(25(3)4)38-34(43)39(5)22-28-13-9-10-18-35-28/h6-18,20,24-25,30-32,41,44H,19,21-23H2,1-5H3,(H,37,42)(H,38,43)/t30-,31+,32-/m0/s1. The monoisotopic (exact) mass is 666 g/mol. The first kappa shape index (κ1) is 37.1. The van der Waals surface area contributed by atoms with Gasteiger partial charge in [-0.2, -0.15) is 4.31 Å². The van der Waals surface area contributed by atoms with E-state index in [1.165, 1.54) is 39.7 Å². The molecule has 0 saturated carbocycles. The Hall–Kier alpha value is -4.33. The van der Waals surface area contributed by atoms with Crippen molar-refractivity contribution in [3.63, 3.8) is 0 Å². The fourth-order valence-corrected chi connectivity index (χ4v) is 6.59. The third-order valence-corrected chi connectivity index (χ3v) is 9.32. The van der Waals surface area contributed by atoms with Crippen molar-refractivity contribution in [2.24, 2.45) is 17.0 Å². The number of benzene rings is 2. The Morgan fingerprint density at radius 2 is 1.60 bits per heavy atom. The van der Waals surface area contributed by atoms with Gasteiger partial charge in [0.05, 0.1) is 35.5 Å². The van der Waals surface area contributed by atoms with Gasteiger partial charge in [0.2, 0.25) is 15.9 Å². The first-order valence-corrected chi connectivity index (χ1v) is 17.0. The molecule has 4 N–H and O–H groups in total. The molecule has 0 radical (unpaired) electrons. The zero-order valence-corrected chi connectivity index (χ0v) is 28.3. The normalized spacial score (nSPS) is 13.9. The van der Waals surface area contributed by atoms with Gasteiger partial charge in [-0.1, -0.05) is 81.4 Å². The zero-order chi connectivity index (χ0) is 34.6. The predicted octanol–water partition coefficient (Wildman–Crippen LogP) is 3.49. The number of hydrogen-bond acceptors (Lipinski definition) is 8. The van der Waals surface area contributed by atoms with Crippen LogP contribution >= 0.6 is 0 Å². The Morgan fingerprint density at radius 3 is 2.17 bits per heavy atom. The molecule has 3 amide bonds. The lowest BCUT2D eigenvalue weighted by Crippen LogP contribution is -2.58. The van der Waals surface area contributed by atoms with Crippen LogP contribution in [-0.2, 0) is 27.8 Å². The molecule has 0 bridgehead atoms. The van der Waals surface area contributed by atoms with Gasteiger partial charge in [-0.15, -0.1) is 0 Å². The van der Waals surface area contributed by atoms with Crippen LogP contribution in [0, 0.1) is 11.8 Å². The minimum Gasteiger partial charge on any atom is -0.411 e. The van der Waals surface area contributed by atoms with Gasteiger partial charge in [0.25, 0.3) is 0 Å². The summed E-state index contributed by atoms with van der Waals surface area (Å²) < 4.78 is 28.8. The number of carbonyl (C=O) groups excluding carboxylic acids is 2. The zero-order valence-electron chi connectivity index (χ0n) is 27.5. The van der Waals surface area contributed by atoms with Crippen molar-refractivity contribution in [1.82, 2.24) is 24.8 Å². The Bertz CT molecular complexity index is 1550. The molecule has 1 aromatic heterocycles. The van der Waals surface area contributed by atoms with Crippen LogP contribution in [0.3, 0.4) is 0 Å².